The molecule has 1 aromatic heterocycles. The molecule has 0 fully saturated rings. The fourth-order valence-electron chi connectivity index (χ4n) is 1.13. The molecule has 1 heterocycles. The average molecular weight is 179 g/mol. The summed E-state index contributed by atoms with van der Waals surface area (Å²) in [7, 11) is 0. The van der Waals surface area contributed by atoms with Gasteiger partial charge in [-0.25, -0.2) is 4.79 Å². The van der Waals surface area contributed by atoms with Crippen LogP contribution in [-0.2, 0) is 0 Å². The van der Waals surface area contributed by atoms with Crippen molar-refractivity contribution in [1.82, 2.24) is 4.98 Å². The van der Waals surface area contributed by atoms with Crippen LogP contribution in [0.3, 0.4) is 0 Å². The molecule has 0 unspecified atom stereocenters. The fourth-order valence-corrected chi connectivity index (χ4v) is 1.13. The van der Waals surface area contributed by atoms with Crippen molar-refractivity contribution in [2.75, 3.05) is 0 Å². The van der Waals surface area contributed by atoms with Crippen molar-refractivity contribution >= 4 is 17.4 Å². The number of aromatic hydroxyl groups is 1. The molecule has 0 aliphatic heterocycles. The number of fused-ring (bicyclic) bond motifs is 1. The number of nitrogens with one attached hydrogen (secondary N) is 1. The number of carbonyl (C=O) groups is 1. The molecule has 2 rings (SSSR count). The van der Waals surface area contributed by atoms with Crippen LogP contribution >= 0.6 is 0 Å². The molecular formula is C8H5NO4. The van der Waals surface area contributed by atoms with E-state index in [0.29, 0.717) is 6.29 Å². The van der Waals surface area contributed by atoms with Gasteiger partial charge in [-0.05, 0) is 12.1 Å². The van der Waals surface area contributed by atoms with Crippen LogP contribution in [0.4, 0.5) is 0 Å². The van der Waals surface area contributed by atoms with Crippen molar-refractivity contribution in [2.24, 2.45) is 0 Å². The summed E-state index contributed by atoms with van der Waals surface area (Å²) in [6.45, 7) is 0. The maximum atomic E-state index is 10.8. The summed E-state index contributed by atoms with van der Waals surface area (Å²) >= 11 is 0. The summed E-state index contributed by atoms with van der Waals surface area (Å²) in [4.78, 5) is 23.5. The molecule has 0 saturated heterocycles. The van der Waals surface area contributed by atoms with Crippen LogP contribution in [0.15, 0.2) is 21.3 Å². The molecule has 13 heavy (non-hydrogen) atoms. The Balaban J connectivity index is 2.99. The van der Waals surface area contributed by atoms with Crippen molar-refractivity contribution in [3.8, 4) is 5.75 Å². The highest BCUT2D eigenvalue weighted by atomic mass is 16.4. The quantitative estimate of drug-likeness (QED) is 0.629. The van der Waals surface area contributed by atoms with Gasteiger partial charge in [0.05, 0.1) is 5.56 Å². The molecule has 2 N–H and O–H groups in total. The van der Waals surface area contributed by atoms with Crippen LogP contribution in [0, 0.1) is 0 Å². The molecule has 0 amide bonds. The van der Waals surface area contributed by atoms with Gasteiger partial charge in [-0.3, -0.25) is 9.78 Å². The van der Waals surface area contributed by atoms with Crippen LogP contribution < -0.4 is 5.76 Å². The summed E-state index contributed by atoms with van der Waals surface area (Å²) < 4.78 is 4.67. The van der Waals surface area contributed by atoms with E-state index in [4.69, 9.17) is 0 Å². The largest absolute Gasteiger partial charge is 0.506 e. The van der Waals surface area contributed by atoms with Gasteiger partial charge in [0, 0.05) is 0 Å². The summed E-state index contributed by atoms with van der Waals surface area (Å²) in [5, 5.41) is 9.26. The van der Waals surface area contributed by atoms with Crippen molar-refractivity contribution in [2.45, 2.75) is 0 Å². The summed E-state index contributed by atoms with van der Waals surface area (Å²) in [6, 6.07) is 2.69. The predicted octanol–water partition coefficient (Wildman–Crippen LogP) is 0.639. The zero-order valence-electron chi connectivity index (χ0n) is 6.40. The van der Waals surface area contributed by atoms with Crippen LogP contribution in [-0.4, -0.2) is 16.4 Å². The molecule has 1 aromatic carbocycles. The van der Waals surface area contributed by atoms with E-state index in [-0.39, 0.29) is 22.4 Å². The molecule has 0 aliphatic carbocycles. The first-order chi connectivity index (χ1) is 6.22. The second kappa shape index (κ2) is 2.48. The second-order valence-electron chi connectivity index (χ2n) is 2.51. The Labute approximate surface area is 71.6 Å². The maximum absolute atomic E-state index is 10.8. The van der Waals surface area contributed by atoms with Gasteiger partial charge >= 0.3 is 5.76 Å². The lowest BCUT2D eigenvalue weighted by Gasteiger charge is -1.93. The predicted molar refractivity (Wildman–Crippen MR) is 43.9 cm³/mol. The first-order valence-corrected chi connectivity index (χ1v) is 3.52. The maximum Gasteiger partial charge on any atom is 0.417 e. The van der Waals surface area contributed by atoms with Crippen LogP contribution in [0.1, 0.15) is 10.4 Å². The minimum Gasteiger partial charge on any atom is -0.506 e. The number of phenolic OH excluding ortho intramolecular Hbond substituents is 1. The summed E-state index contributed by atoms with van der Waals surface area (Å²) in [6.07, 6.45) is 0.554. The van der Waals surface area contributed by atoms with E-state index < -0.39 is 5.76 Å². The van der Waals surface area contributed by atoms with Gasteiger partial charge in [0.25, 0.3) is 0 Å². The van der Waals surface area contributed by atoms with Crippen LogP contribution in [0.25, 0.3) is 11.1 Å². The number of carbonyl (C=O) groups excluding carboxylic acids is 1. The molecule has 0 aliphatic rings. The Kier molecular flexibility index (Phi) is 1.45. The molecule has 0 bridgehead atoms. The Morgan fingerprint density at radius 3 is 2.92 bits per heavy atom. The SMILES string of the molecule is O=Cc1ccc(O)c2[nH]c(=O)oc12. The van der Waals surface area contributed by atoms with E-state index in [0.717, 1.165) is 0 Å². The van der Waals surface area contributed by atoms with Gasteiger partial charge in [-0.1, -0.05) is 0 Å². The Hall–Kier alpha value is -2.04. The minimum atomic E-state index is -0.695. The van der Waals surface area contributed by atoms with Gasteiger partial charge in [0.15, 0.2) is 11.9 Å². The smallest absolute Gasteiger partial charge is 0.417 e. The number of oxazole rings is 1. The third-order valence-corrected chi connectivity index (χ3v) is 1.71. The van der Waals surface area contributed by atoms with E-state index in [1.807, 2.05) is 0 Å². The molecule has 66 valence electrons. The molecular weight excluding hydrogens is 174 g/mol. The zero-order valence-corrected chi connectivity index (χ0v) is 6.40. The number of aromatic nitrogens is 1. The topological polar surface area (TPSA) is 83.3 Å². The highest BCUT2D eigenvalue weighted by Gasteiger charge is 2.09. The number of hydrogen-bond acceptors (Lipinski definition) is 4. The fraction of sp³-hybridized carbons (Fsp3) is 0. The summed E-state index contributed by atoms with van der Waals surface area (Å²) in [5.74, 6) is -0.814. The molecule has 2 aromatic rings. The van der Waals surface area contributed by atoms with E-state index in [9.17, 15) is 14.7 Å². The van der Waals surface area contributed by atoms with Crippen molar-refractivity contribution < 1.29 is 14.3 Å². The van der Waals surface area contributed by atoms with Gasteiger partial charge in [0.2, 0.25) is 0 Å². The molecule has 0 radical (unpaired) electrons. The first-order valence-electron chi connectivity index (χ1n) is 3.52. The lowest BCUT2D eigenvalue weighted by molar-refractivity contribution is 0.112. The highest BCUT2D eigenvalue weighted by molar-refractivity contribution is 5.95. The van der Waals surface area contributed by atoms with Crippen molar-refractivity contribution in [1.29, 1.82) is 0 Å². The van der Waals surface area contributed by atoms with Gasteiger partial charge in [-0.2, -0.15) is 0 Å². The van der Waals surface area contributed by atoms with Gasteiger partial charge in [0.1, 0.15) is 11.3 Å². The Morgan fingerprint density at radius 2 is 2.23 bits per heavy atom. The standard InChI is InChI=1S/C8H5NO4/c10-3-4-1-2-5(11)6-7(4)13-8(12)9-6/h1-3,11H,(H,9,12). The molecule has 0 spiro atoms. The van der Waals surface area contributed by atoms with Crippen LogP contribution in [0.2, 0.25) is 0 Å². The Bertz CT molecular complexity index is 522. The van der Waals surface area contributed by atoms with Gasteiger partial charge in [-0.15, -0.1) is 0 Å². The molecule has 5 heteroatoms. The summed E-state index contributed by atoms with van der Waals surface area (Å²) in [5.41, 5.74) is 0.459. The first kappa shape index (κ1) is 7.60. The van der Waals surface area contributed by atoms with Crippen LogP contribution in [0.5, 0.6) is 5.75 Å². The van der Waals surface area contributed by atoms with E-state index in [1.54, 1.807) is 0 Å². The minimum absolute atomic E-state index is 0.0833. The monoisotopic (exact) mass is 179 g/mol. The van der Waals surface area contributed by atoms with E-state index in [2.05, 4.69) is 9.40 Å². The normalized spacial score (nSPS) is 10.5. The molecule has 0 atom stereocenters. The van der Waals surface area contributed by atoms with E-state index in [1.165, 1.54) is 12.1 Å². The third-order valence-electron chi connectivity index (χ3n) is 1.71. The number of hydrogen-bond donors (Lipinski definition) is 2. The van der Waals surface area contributed by atoms with Crippen molar-refractivity contribution in [3.05, 3.63) is 28.2 Å². The molecule has 0 saturated carbocycles. The number of aromatic amines is 1. The number of H-pyrrole nitrogens is 1. The second-order valence-corrected chi connectivity index (χ2v) is 2.51. The lowest BCUT2D eigenvalue weighted by Crippen LogP contribution is -1.92. The average Bonchev–Trinajstić information content (AvgIpc) is 2.48. The number of phenols is 1. The highest BCUT2D eigenvalue weighted by Crippen LogP contribution is 2.23. The number of rotatable bonds is 1. The van der Waals surface area contributed by atoms with Gasteiger partial charge < -0.3 is 9.52 Å². The Morgan fingerprint density at radius 1 is 1.46 bits per heavy atom. The molecule has 5 nitrogen and oxygen atoms in total. The lowest BCUT2D eigenvalue weighted by atomic mass is 10.2. The third kappa shape index (κ3) is 1.01. The zero-order chi connectivity index (χ0) is 9.42. The number of aldehydes is 1. The van der Waals surface area contributed by atoms with E-state index >= 15 is 0 Å². The number of benzene rings is 1. The van der Waals surface area contributed by atoms with Crippen molar-refractivity contribution in [3.63, 3.8) is 0 Å².